The molecule has 37 heavy (non-hydrogen) atoms. The van der Waals surface area contributed by atoms with Gasteiger partial charge in [-0.25, -0.2) is 8.42 Å². The van der Waals surface area contributed by atoms with Crippen LogP contribution >= 0.6 is 0 Å². The lowest BCUT2D eigenvalue weighted by Gasteiger charge is -2.28. The largest absolute Gasteiger partial charge is 0.497 e. The van der Waals surface area contributed by atoms with Crippen LogP contribution in [0.4, 0.5) is 5.69 Å². The maximum Gasteiger partial charge on any atom is 0.258 e. The number of amides is 2. The van der Waals surface area contributed by atoms with E-state index in [1.165, 1.54) is 21.7 Å². The third-order valence-electron chi connectivity index (χ3n) is 6.92. The first-order chi connectivity index (χ1) is 17.8. The highest BCUT2D eigenvalue weighted by Gasteiger charge is 2.30. The minimum atomic E-state index is -3.80. The quantitative estimate of drug-likeness (QED) is 0.563. The molecule has 1 aliphatic carbocycles. The number of hydrogen-bond acceptors (Lipinski definition) is 6. The lowest BCUT2D eigenvalue weighted by atomic mass is 9.95. The Morgan fingerprint density at radius 3 is 2.38 bits per heavy atom. The number of sulfonamides is 1. The van der Waals surface area contributed by atoms with Crippen LogP contribution in [0, 0.1) is 6.92 Å². The van der Waals surface area contributed by atoms with Gasteiger partial charge < -0.3 is 14.8 Å². The van der Waals surface area contributed by atoms with Crippen LogP contribution in [0.2, 0.25) is 0 Å². The number of morpholine rings is 1. The number of benzene rings is 2. The molecule has 0 unspecified atom stereocenters. The number of nitrogens with zero attached hydrogens (tertiary/aromatic N) is 2. The van der Waals surface area contributed by atoms with Gasteiger partial charge in [0.25, 0.3) is 5.91 Å². The Hall–Kier alpha value is -2.95. The van der Waals surface area contributed by atoms with E-state index in [2.05, 4.69) is 5.32 Å². The van der Waals surface area contributed by atoms with Crippen molar-refractivity contribution in [1.29, 1.82) is 0 Å². The molecule has 1 aliphatic heterocycles. The van der Waals surface area contributed by atoms with E-state index in [0.29, 0.717) is 30.2 Å². The Bertz CT molecular complexity index is 1200. The predicted octanol–water partition coefficient (Wildman–Crippen LogP) is 3.12. The molecule has 1 heterocycles. The molecule has 0 aromatic heterocycles. The van der Waals surface area contributed by atoms with Crippen molar-refractivity contribution in [3.63, 3.8) is 0 Å². The van der Waals surface area contributed by atoms with E-state index < -0.39 is 15.9 Å². The van der Waals surface area contributed by atoms with E-state index in [1.807, 2.05) is 0 Å². The first kappa shape index (κ1) is 27.1. The molecule has 2 aromatic carbocycles. The van der Waals surface area contributed by atoms with Gasteiger partial charge in [0.2, 0.25) is 15.9 Å². The predicted molar refractivity (Wildman–Crippen MR) is 140 cm³/mol. The van der Waals surface area contributed by atoms with Gasteiger partial charge in [0, 0.05) is 30.4 Å². The summed E-state index contributed by atoms with van der Waals surface area (Å²) in [4.78, 5) is 28.2. The summed E-state index contributed by atoms with van der Waals surface area (Å²) in [6.45, 7) is 2.72. The number of anilines is 1. The Labute approximate surface area is 218 Å². The average molecular weight is 530 g/mol. The topological polar surface area (TPSA) is 105 Å². The third kappa shape index (κ3) is 6.49. The van der Waals surface area contributed by atoms with E-state index in [9.17, 15) is 18.0 Å². The van der Waals surface area contributed by atoms with Crippen LogP contribution in [0.3, 0.4) is 0 Å². The molecule has 2 amide bonds. The van der Waals surface area contributed by atoms with Crippen LogP contribution in [0.15, 0.2) is 47.4 Å². The lowest BCUT2D eigenvalue weighted by Crippen LogP contribution is -2.45. The first-order valence-electron chi connectivity index (χ1n) is 12.7. The summed E-state index contributed by atoms with van der Waals surface area (Å²) >= 11 is 0. The molecule has 2 fully saturated rings. The second kappa shape index (κ2) is 12.1. The number of carbonyl (C=O) groups is 2. The van der Waals surface area contributed by atoms with Gasteiger partial charge in [-0.05, 0) is 61.7 Å². The lowest BCUT2D eigenvalue weighted by molar-refractivity contribution is -0.120. The van der Waals surface area contributed by atoms with E-state index in [0.717, 1.165) is 25.7 Å². The molecular formula is C27H35N3O6S. The summed E-state index contributed by atoms with van der Waals surface area (Å²) in [5.74, 6) is -0.0798. The fourth-order valence-corrected chi connectivity index (χ4v) is 6.46. The number of carbonyl (C=O) groups excluding carboxylic acids is 2. The van der Waals surface area contributed by atoms with Crippen LogP contribution < -0.4 is 15.0 Å². The summed E-state index contributed by atoms with van der Waals surface area (Å²) in [5.41, 5.74) is 1.26. The molecular weight excluding hydrogens is 494 g/mol. The molecule has 0 atom stereocenters. The van der Waals surface area contributed by atoms with E-state index in [-0.39, 0.29) is 42.0 Å². The molecule has 0 bridgehead atoms. The third-order valence-corrected chi connectivity index (χ3v) is 8.96. The van der Waals surface area contributed by atoms with Crippen molar-refractivity contribution in [1.82, 2.24) is 9.62 Å². The zero-order valence-electron chi connectivity index (χ0n) is 21.4. The monoisotopic (exact) mass is 529 g/mol. The molecule has 0 radical (unpaired) electrons. The number of methoxy groups -OCH3 is 1. The molecule has 2 aromatic rings. The summed E-state index contributed by atoms with van der Waals surface area (Å²) in [7, 11) is -2.25. The van der Waals surface area contributed by atoms with E-state index in [4.69, 9.17) is 9.47 Å². The zero-order valence-corrected chi connectivity index (χ0v) is 22.3. The maximum atomic E-state index is 13.8. The van der Waals surface area contributed by atoms with Gasteiger partial charge in [-0.2, -0.15) is 4.31 Å². The number of aryl methyl sites for hydroxylation is 1. The SMILES string of the molecule is COc1ccc(N(CC(=O)NC2CCCCC2)C(=O)c2ccc(C)c(S(=O)(=O)N3CCOCC3)c2)cc1. The van der Waals surface area contributed by atoms with Crippen molar-refractivity contribution >= 4 is 27.5 Å². The van der Waals surface area contributed by atoms with Crippen molar-refractivity contribution in [2.24, 2.45) is 0 Å². The van der Waals surface area contributed by atoms with Gasteiger partial charge in [-0.15, -0.1) is 0 Å². The number of rotatable bonds is 8. The molecule has 200 valence electrons. The second-order valence-electron chi connectivity index (χ2n) is 9.49. The Kier molecular flexibility index (Phi) is 8.83. The number of hydrogen-bond donors (Lipinski definition) is 1. The summed E-state index contributed by atoms with van der Waals surface area (Å²) < 4.78 is 38.6. The van der Waals surface area contributed by atoms with E-state index in [1.54, 1.807) is 50.4 Å². The maximum absolute atomic E-state index is 13.8. The normalized spacial score (nSPS) is 17.2. The van der Waals surface area contributed by atoms with Crippen molar-refractivity contribution in [3.05, 3.63) is 53.6 Å². The highest BCUT2D eigenvalue weighted by Crippen LogP contribution is 2.26. The molecule has 1 saturated carbocycles. The van der Waals surface area contributed by atoms with Crippen LogP contribution in [-0.2, 0) is 19.6 Å². The average Bonchev–Trinajstić information content (AvgIpc) is 2.92. The summed E-state index contributed by atoms with van der Waals surface area (Å²) in [6, 6.07) is 11.6. The first-order valence-corrected chi connectivity index (χ1v) is 14.2. The highest BCUT2D eigenvalue weighted by molar-refractivity contribution is 7.89. The van der Waals surface area contributed by atoms with Gasteiger partial charge in [-0.3, -0.25) is 14.5 Å². The minimum Gasteiger partial charge on any atom is -0.497 e. The van der Waals surface area contributed by atoms with Crippen molar-refractivity contribution in [2.45, 2.75) is 50.0 Å². The number of nitrogens with one attached hydrogen (secondary N) is 1. The van der Waals surface area contributed by atoms with Crippen molar-refractivity contribution < 1.29 is 27.5 Å². The molecule has 9 nitrogen and oxygen atoms in total. The van der Waals surface area contributed by atoms with Gasteiger partial charge >= 0.3 is 0 Å². The molecule has 2 aliphatic rings. The molecule has 4 rings (SSSR count). The van der Waals surface area contributed by atoms with Crippen LogP contribution in [0.25, 0.3) is 0 Å². The fraction of sp³-hybridized carbons (Fsp3) is 0.481. The highest BCUT2D eigenvalue weighted by atomic mass is 32.2. The van der Waals surface area contributed by atoms with Crippen LogP contribution in [0.1, 0.15) is 48.0 Å². The second-order valence-corrected chi connectivity index (χ2v) is 11.4. The standard InChI is InChI=1S/C27H35N3O6S/c1-20-8-9-21(18-25(20)37(33,34)29-14-16-36-17-15-29)27(32)30(23-10-12-24(35-2)13-11-23)19-26(31)28-22-6-4-3-5-7-22/h8-13,18,22H,3-7,14-17,19H2,1-2H3,(H,28,31). The smallest absolute Gasteiger partial charge is 0.258 e. The number of ether oxygens (including phenoxy) is 2. The van der Waals surface area contributed by atoms with Crippen molar-refractivity contribution in [2.75, 3.05) is 44.9 Å². The van der Waals surface area contributed by atoms with Crippen LogP contribution in [-0.4, -0.2) is 70.5 Å². The van der Waals surface area contributed by atoms with Crippen LogP contribution in [0.5, 0.6) is 5.75 Å². The zero-order chi connectivity index (χ0) is 26.4. The Morgan fingerprint density at radius 2 is 1.73 bits per heavy atom. The van der Waals surface area contributed by atoms with Gasteiger partial charge in [0.15, 0.2) is 0 Å². The van der Waals surface area contributed by atoms with Crippen molar-refractivity contribution in [3.8, 4) is 5.75 Å². The molecule has 1 saturated heterocycles. The molecule has 0 spiro atoms. The Balaban J connectivity index is 1.62. The molecule has 10 heteroatoms. The van der Waals surface area contributed by atoms with E-state index >= 15 is 0 Å². The summed E-state index contributed by atoms with van der Waals surface area (Å²) in [5, 5.41) is 3.06. The van der Waals surface area contributed by atoms with Gasteiger partial charge in [-0.1, -0.05) is 25.3 Å². The summed E-state index contributed by atoms with van der Waals surface area (Å²) in [6.07, 6.45) is 5.20. The fourth-order valence-electron chi connectivity index (χ4n) is 4.80. The molecule has 1 N–H and O–H groups in total. The van der Waals surface area contributed by atoms with Gasteiger partial charge in [0.05, 0.1) is 25.2 Å². The minimum absolute atomic E-state index is 0.0848. The Morgan fingerprint density at radius 1 is 1.05 bits per heavy atom. The van der Waals surface area contributed by atoms with Gasteiger partial charge in [0.1, 0.15) is 12.3 Å².